The molecule has 20 heavy (non-hydrogen) atoms. The fourth-order valence-electron chi connectivity index (χ4n) is 2.30. The summed E-state index contributed by atoms with van der Waals surface area (Å²) in [4.78, 5) is 16.5. The Morgan fingerprint density at radius 1 is 1.40 bits per heavy atom. The second-order valence-corrected chi connectivity index (χ2v) is 5.32. The van der Waals surface area contributed by atoms with E-state index in [1.54, 1.807) is 10.8 Å². The summed E-state index contributed by atoms with van der Waals surface area (Å²) in [6.45, 7) is 3.63. The maximum absolute atomic E-state index is 12.2. The number of nitrogens with one attached hydrogen (secondary N) is 1. The van der Waals surface area contributed by atoms with Gasteiger partial charge in [-0.25, -0.2) is 9.78 Å². The third kappa shape index (κ3) is 2.76. The largest absolute Gasteiger partial charge is 0.370 e. The standard InChI is InChI=1S/C15H20N4O/c1-2-6-16-14-10-12(5-7-17-14)11-18-8-9-19(15(18)20)13-3-4-13/h5,7-10,13H,2-4,6,11H2,1H3,(H,16,17). The van der Waals surface area contributed by atoms with Crippen LogP contribution in [-0.4, -0.2) is 20.7 Å². The molecule has 0 saturated heterocycles. The Labute approximate surface area is 118 Å². The van der Waals surface area contributed by atoms with Crippen LogP contribution in [0, 0.1) is 0 Å². The third-order valence-electron chi connectivity index (χ3n) is 3.55. The van der Waals surface area contributed by atoms with Gasteiger partial charge in [-0.15, -0.1) is 0 Å². The summed E-state index contributed by atoms with van der Waals surface area (Å²) >= 11 is 0. The molecular weight excluding hydrogens is 252 g/mol. The first-order valence-corrected chi connectivity index (χ1v) is 7.24. The molecule has 0 radical (unpaired) electrons. The number of nitrogens with zero attached hydrogens (tertiary/aromatic N) is 3. The number of aromatic nitrogens is 3. The summed E-state index contributed by atoms with van der Waals surface area (Å²) in [6.07, 6.45) is 8.89. The van der Waals surface area contributed by atoms with E-state index in [1.165, 1.54) is 0 Å². The molecule has 1 aliphatic carbocycles. The van der Waals surface area contributed by atoms with Gasteiger partial charge in [0, 0.05) is 31.2 Å². The molecule has 2 heterocycles. The minimum Gasteiger partial charge on any atom is -0.370 e. The zero-order valence-electron chi connectivity index (χ0n) is 11.7. The number of imidazole rings is 1. The third-order valence-corrected chi connectivity index (χ3v) is 3.55. The maximum Gasteiger partial charge on any atom is 0.328 e. The quantitative estimate of drug-likeness (QED) is 0.877. The number of rotatable bonds is 6. The minimum absolute atomic E-state index is 0.0902. The molecule has 0 aromatic carbocycles. The van der Waals surface area contributed by atoms with Gasteiger partial charge in [-0.2, -0.15) is 0 Å². The van der Waals surface area contributed by atoms with Crippen molar-refractivity contribution >= 4 is 5.82 Å². The van der Waals surface area contributed by atoms with Crippen LogP contribution in [-0.2, 0) is 6.54 Å². The van der Waals surface area contributed by atoms with Crippen LogP contribution in [0.2, 0.25) is 0 Å². The Morgan fingerprint density at radius 2 is 2.25 bits per heavy atom. The number of pyridine rings is 1. The number of hydrogen-bond donors (Lipinski definition) is 1. The average molecular weight is 272 g/mol. The molecule has 1 aliphatic rings. The van der Waals surface area contributed by atoms with Crippen molar-refractivity contribution in [2.75, 3.05) is 11.9 Å². The fourth-order valence-corrected chi connectivity index (χ4v) is 2.30. The topological polar surface area (TPSA) is 51.9 Å². The Balaban J connectivity index is 1.75. The van der Waals surface area contributed by atoms with Crippen molar-refractivity contribution in [3.05, 3.63) is 46.8 Å². The summed E-state index contributed by atoms with van der Waals surface area (Å²) < 4.78 is 3.61. The Kier molecular flexibility index (Phi) is 3.58. The smallest absolute Gasteiger partial charge is 0.328 e. The van der Waals surface area contributed by atoms with Crippen LogP contribution in [0.15, 0.2) is 35.5 Å². The van der Waals surface area contributed by atoms with Crippen molar-refractivity contribution in [1.82, 2.24) is 14.1 Å². The van der Waals surface area contributed by atoms with E-state index in [0.29, 0.717) is 12.6 Å². The molecule has 3 rings (SSSR count). The fraction of sp³-hybridized carbons (Fsp3) is 0.467. The van der Waals surface area contributed by atoms with E-state index in [0.717, 1.165) is 37.2 Å². The van der Waals surface area contributed by atoms with Crippen molar-refractivity contribution in [3.8, 4) is 0 Å². The molecule has 0 atom stereocenters. The lowest BCUT2D eigenvalue weighted by Crippen LogP contribution is -2.23. The molecule has 0 unspecified atom stereocenters. The average Bonchev–Trinajstić information content (AvgIpc) is 3.24. The summed E-state index contributed by atoms with van der Waals surface area (Å²) in [7, 11) is 0. The van der Waals surface area contributed by atoms with Crippen LogP contribution in [0.3, 0.4) is 0 Å². The van der Waals surface area contributed by atoms with E-state index in [2.05, 4.69) is 17.2 Å². The highest BCUT2D eigenvalue weighted by atomic mass is 16.1. The van der Waals surface area contributed by atoms with Gasteiger partial charge in [-0.1, -0.05) is 6.92 Å². The van der Waals surface area contributed by atoms with Crippen LogP contribution in [0.25, 0.3) is 0 Å². The first-order valence-electron chi connectivity index (χ1n) is 7.24. The molecule has 1 fully saturated rings. The molecule has 2 aromatic rings. The van der Waals surface area contributed by atoms with E-state index in [1.807, 2.05) is 29.1 Å². The van der Waals surface area contributed by atoms with Crippen LogP contribution in [0.5, 0.6) is 0 Å². The summed E-state index contributed by atoms with van der Waals surface area (Å²) in [5.41, 5.74) is 1.18. The zero-order valence-corrected chi connectivity index (χ0v) is 11.7. The van der Waals surface area contributed by atoms with E-state index in [-0.39, 0.29) is 5.69 Å². The van der Waals surface area contributed by atoms with Gasteiger partial charge in [-0.3, -0.25) is 9.13 Å². The van der Waals surface area contributed by atoms with E-state index in [4.69, 9.17) is 0 Å². The van der Waals surface area contributed by atoms with Gasteiger partial charge in [0.05, 0.1) is 6.54 Å². The van der Waals surface area contributed by atoms with Crippen molar-refractivity contribution < 1.29 is 0 Å². The van der Waals surface area contributed by atoms with Gasteiger partial charge in [0.1, 0.15) is 5.82 Å². The second-order valence-electron chi connectivity index (χ2n) is 5.32. The first-order chi connectivity index (χ1) is 9.78. The molecule has 2 aromatic heterocycles. The second kappa shape index (κ2) is 5.53. The molecule has 1 N–H and O–H groups in total. The van der Waals surface area contributed by atoms with E-state index < -0.39 is 0 Å². The highest BCUT2D eigenvalue weighted by molar-refractivity contribution is 5.37. The SMILES string of the molecule is CCCNc1cc(Cn2ccn(C3CC3)c2=O)ccn1. The number of hydrogen-bond acceptors (Lipinski definition) is 3. The summed E-state index contributed by atoms with van der Waals surface area (Å²) in [5, 5.41) is 3.26. The van der Waals surface area contributed by atoms with E-state index in [9.17, 15) is 4.79 Å². The predicted octanol–water partition coefficient (Wildman–Crippen LogP) is 2.25. The molecule has 0 aliphatic heterocycles. The highest BCUT2D eigenvalue weighted by Crippen LogP contribution is 2.33. The van der Waals surface area contributed by atoms with Crippen LogP contribution < -0.4 is 11.0 Å². The highest BCUT2D eigenvalue weighted by Gasteiger charge is 2.25. The van der Waals surface area contributed by atoms with Crippen LogP contribution in [0.4, 0.5) is 5.82 Å². The van der Waals surface area contributed by atoms with E-state index >= 15 is 0 Å². The molecule has 106 valence electrons. The van der Waals surface area contributed by atoms with Gasteiger partial charge in [0.2, 0.25) is 0 Å². The lowest BCUT2D eigenvalue weighted by Gasteiger charge is -2.06. The lowest BCUT2D eigenvalue weighted by atomic mass is 10.2. The van der Waals surface area contributed by atoms with Crippen molar-refractivity contribution in [3.63, 3.8) is 0 Å². The van der Waals surface area contributed by atoms with Gasteiger partial charge in [0.15, 0.2) is 0 Å². The molecule has 0 bridgehead atoms. The predicted molar refractivity (Wildman–Crippen MR) is 79.1 cm³/mol. The normalized spacial score (nSPS) is 14.4. The lowest BCUT2D eigenvalue weighted by molar-refractivity contribution is 0.656. The molecule has 0 amide bonds. The Hall–Kier alpha value is -2.04. The van der Waals surface area contributed by atoms with Crippen molar-refractivity contribution in [2.24, 2.45) is 0 Å². The minimum atomic E-state index is 0.0902. The number of anilines is 1. The van der Waals surface area contributed by atoms with Gasteiger partial charge in [0.25, 0.3) is 0 Å². The molecule has 5 nitrogen and oxygen atoms in total. The molecular formula is C15H20N4O. The Morgan fingerprint density at radius 3 is 3.00 bits per heavy atom. The van der Waals surface area contributed by atoms with Crippen molar-refractivity contribution in [2.45, 2.75) is 38.8 Å². The van der Waals surface area contributed by atoms with Crippen LogP contribution >= 0.6 is 0 Å². The molecule has 1 saturated carbocycles. The monoisotopic (exact) mass is 272 g/mol. The zero-order chi connectivity index (χ0) is 13.9. The van der Waals surface area contributed by atoms with Crippen molar-refractivity contribution in [1.29, 1.82) is 0 Å². The summed E-state index contributed by atoms with van der Waals surface area (Å²) in [6, 6.07) is 4.40. The summed E-state index contributed by atoms with van der Waals surface area (Å²) in [5.74, 6) is 0.874. The molecule has 0 spiro atoms. The Bertz CT molecular complexity index is 639. The first kappa shape index (κ1) is 13.0. The van der Waals surface area contributed by atoms with Gasteiger partial charge >= 0.3 is 5.69 Å². The molecule has 5 heteroatoms. The van der Waals surface area contributed by atoms with Gasteiger partial charge < -0.3 is 5.32 Å². The van der Waals surface area contributed by atoms with Gasteiger partial charge in [-0.05, 0) is 37.0 Å². The van der Waals surface area contributed by atoms with Crippen LogP contribution in [0.1, 0.15) is 37.8 Å². The maximum atomic E-state index is 12.2.